The van der Waals surface area contributed by atoms with Crippen LogP contribution in [0.5, 0.6) is 5.75 Å². The number of furan rings is 1. The Hall–Kier alpha value is -1.70. The Bertz CT molecular complexity index is 359. The van der Waals surface area contributed by atoms with Crippen molar-refractivity contribution >= 4 is 0 Å². The number of phenols is 1. The van der Waals surface area contributed by atoms with Crippen molar-refractivity contribution in [1.82, 2.24) is 0 Å². The zero-order valence-corrected chi connectivity index (χ0v) is 7.10. The van der Waals surface area contributed by atoms with Crippen molar-refractivity contribution < 1.29 is 9.52 Å². The second-order valence-electron chi connectivity index (χ2n) is 2.92. The molecular weight excluding hydrogens is 164 g/mol. The second kappa shape index (κ2) is 3.35. The number of benzene rings is 1. The highest BCUT2D eigenvalue weighted by Gasteiger charge is 1.97. The van der Waals surface area contributed by atoms with Crippen LogP contribution in [-0.2, 0) is 6.42 Å². The maximum absolute atomic E-state index is 9.06. The summed E-state index contributed by atoms with van der Waals surface area (Å²) >= 11 is 0. The van der Waals surface area contributed by atoms with E-state index in [4.69, 9.17) is 9.52 Å². The first-order chi connectivity index (χ1) is 6.34. The topological polar surface area (TPSA) is 33.4 Å². The summed E-state index contributed by atoms with van der Waals surface area (Å²) in [5.41, 5.74) is 1.13. The van der Waals surface area contributed by atoms with Crippen LogP contribution in [0.15, 0.2) is 47.1 Å². The Morgan fingerprint density at radius 1 is 1.08 bits per heavy atom. The van der Waals surface area contributed by atoms with Gasteiger partial charge in [0.25, 0.3) is 0 Å². The summed E-state index contributed by atoms with van der Waals surface area (Å²) in [7, 11) is 0. The third kappa shape index (κ3) is 1.90. The van der Waals surface area contributed by atoms with Crippen LogP contribution in [0.3, 0.4) is 0 Å². The Kier molecular flexibility index (Phi) is 2.04. The van der Waals surface area contributed by atoms with E-state index in [1.54, 1.807) is 18.4 Å². The highest BCUT2D eigenvalue weighted by molar-refractivity contribution is 5.28. The van der Waals surface area contributed by atoms with Crippen LogP contribution in [-0.4, -0.2) is 5.11 Å². The van der Waals surface area contributed by atoms with Crippen LogP contribution in [0.4, 0.5) is 0 Å². The summed E-state index contributed by atoms with van der Waals surface area (Å²) in [6.07, 6.45) is 2.43. The highest BCUT2D eigenvalue weighted by atomic mass is 16.3. The monoisotopic (exact) mass is 174 g/mol. The average molecular weight is 174 g/mol. The van der Waals surface area contributed by atoms with E-state index in [1.807, 2.05) is 24.3 Å². The van der Waals surface area contributed by atoms with Gasteiger partial charge in [0.15, 0.2) is 0 Å². The van der Waals surface area contributed by atoms with Crippen molar-refractivity contribution in [2.75, 3.05) is 0 Å². The van der Waals surface area contributed by atoms with E-state index >= 15 is 0 Å². The maximum Gasteiger partial charge on any atom is 0.115 e. The summed E-state index contributed by atoms with van der Waals surface area (Å²) in [5, 5.41) is 9.06. The fourth-order valence-corrected chi connectivity index (χ4v) is 1.23. The van der Waals surface area contributed by atoms with E-state index in [-0.39, 0.29) is 0 Å². The van der Waals surface area contributed by atoms with E-state index in [9.17, 15) is 0 Å². The molecule has 66 valence electrons. The van der Waals surface area contributed by atoms with Crippen LogP contribution in [0.1, 0.15) is 11.3 Å². The molecule has 0 aliphatic rings. The Morgan fingerprint density at radius 2 is 1.85 bits per heavy atom. The van der Waals surface area contributed by atoms with Crippen LogP contribution >= 0.6 is 0 Å². The molecule has 2 heteroatoms. The zero-order valence-electron chi connectivity index (χ0n) is 7.10. The summed E-state index contributed by atoms with van der Waals surface area (Å²) in [6.45, 7) is 0. The molecule has 2 aromatic rings. The molecule has 13 heavy (non-hydrogen) atoms. The predicted molar refractivity (Wildman–Crippen MR) is 49.6 cm³/mol. The lowest BCUT2D eigenvalue weighted by Gasteiger charge is -1.97. The van der Waals surface area contributed by atoms with Gasteiger partial charge in [0, 0.05) is 6.42 Å². The molecule has 0 amide bonds. The average Bonchev–Trinajstić information content (AvgIpc) is 2.62. The molecule has 2 rings (SSSR count). The van der Waals surface area contributed by atoms with Gasteiger partial charge in [-0.05, 0) is 29.8 Å². The molecule has 0 aliphatic heterocycles. The molecule has 0 saturated heterocycles. The van der Waals surface area contributed by atoms with E-state index in [2.05, 4.69) is 0 Å². The molecule has 0 spiro atoms. The van der Waals surface area contributed by atoms with Crippen molar-refractivity contribution in [3.05, 3.63) is 54.0 Å². The lowest BCUT2D eigenvalue weighted by molar-refractivity contribution is 0.475. The van der Waals surface area contributed by atoms with Crippen molar-refractivity contribution in [3.8, 4) is 5.75 Å². The normalized spacial score (nSPS) is 10.2. The minimum Gasteiger partial charge on any atom is -0.508 e. The molecule has 0 radical (unpaired) electrons. The first kappa shape index (κ1) is 7.92. The lowest BCUT2D eigenvalue weighted by Crippen LogP contribution is -1.83. The van der Waals surface area contributed by atoms with Crippen molar-refractivity contribution in [3.63, 3.8) is 0 Å². The lowest BCUT2D eigenvalue weighted by atomic mass is 10.1. The van der Waals surface area contributed by atoms with Gasteiger partial charge in [0.2, 0.25) is 0 Å². The van der Waals surface area contributed by atoms with Gasteiger partial charge in [-0.15, -0.1) is 0 Å². The third-order valence-electron chi connectivity index (χ3n) is 1.89. The van der Waals surface area contributed by atoms with E-state index in [0.717, 1.165) is 17.7 Å². The Balaban J connectivity index is 2.15. The molecule has 1 N–H and O–H groups in total. The fourth-order valence-electron chi connectivity index (χ4n) is 1.23. The van der Waals surface area contributed by atoms with E-state index in [1.165, 1.54) is 0 Å². The summed E-state index contributed by atoms with van der Waals surface area (Å²) in [6, 6.07) is 10.9. The standard InChI is InChI=1S/C11H10O2/c12-10-5-3-9(4-6-10)8-11-2-1-7-13-11/h1-7,12H,8H2. The SMILES string of the molecule is Oc1ccc(Cc2ccco2)cc1. The number of rotatable bonds is 2. The molecule has 0 fully saturated rings. The highest BCUT2D eigenvalue weighted by Crippen LogP contribution is 2.13. The fraction of sp³-hybridized carbons (Fsp3) is 0.0909. The van der Waals surface area contributed by atoms with Crippen molar-refractivity contribution in [2.45, 2.75) is 6.42 Å². The second-order valence-corrected chi connectivity index (χ2v) is 2.92. The molecule has 1 heterocycles. The van der Waals surface area contributed by atoms with Crippen LogP contribution in [0.2, 0.25) is 0 Å². The molecule has 0 bridgehead atoms. The quantitative estimate of drug-likeness (QED) is 0.759. The largest absolute Gasteiger partial charge is 0.508 e. The van der Waals surface area contributed by atoms with Crippen molar-refractivity contribution in [2.24, 2.45) is 0 Å². The maximum atomic E-state index is 9.06. The molecule has 1 aromatic carbocycles. The molecule has 0 aliphatic carbocycles. The van der Waals surface area contributed by atoms with Crippen LogP contribution in [0.25, 0.3) is 0 Å². The van der Waals surface area contributed by atoms with Gasteiger partial charge in [0.05, 0.1) is 6.26 Å². The summed E-state index contributed by atoms with van der Waals surface area (Å²) in [5.74, 6) is 1.23. The zero-order chi connectivity index (χ0) is 9.10. The first-order valence-corrected chi connectivity index (χ1v) is 4.15. The molecule has 0 unspecified atom stereocenters. The van der Waals surface area contributed by atoms with Gasteiger partial charge in [0.1, 0.15) is 11.5 Å². The summed E-state index contributed by atoms with van der Waals surface area (Å²) < 4.78 is 5.21. The number of aromatic hydroxyl groups is 1. The molecule has 1 aromatic heterocycles. The molecule has 0 saturated carbocycles. The van der Waals surface area contributed by atoms with Crippen LogP contribution < -0.4 is 0 Å². The van der Waals surface area contributed by atoms with Gasteiger partial charge in [-0.2, -0.15) is 0 Å². The Labute approximate surface area is 76.4 Å². The van der Waals surface area contributed by atoms with E-state index < -0.39 is 0 Å². The number of hydrogen-bond acceptors (Lipinski definition) is 2. The van der Waals surface area contributed by atoms with Gasteiger partial charge in [-0.25, -0.2) is 0 Å². The Morgan fingerprint density at radius 3 is 2.46 bits per heavy atom. The van der Waals surface area contributed by atoms with Gasteiger partial charge in [-0.3, -0.25) is 0 Å². The molecular formula is C11H10O2. The molecule has 0 atom stereocenters. The number of hydrogen-bond donors (Lipinski definition) is 1. The smallest absolute Gasteiger partial charge is 0.115 e. The van der Waals surface area contributed by atoms with Gasteiger partial charge >= 0.3 is 0 Å². The van der Waals surface area contributed by atoms with Crippen LogP contribution in [0, 0.1) is 0 Å². The summed E-state index contributed by atoms with van der Waals surface area (Å²) in [4.78, 5) is 0. The predicted octanol–water partition coefficient (Wildman–Crippen LogP) is 2.58. The van der Waals surface area contributed by atoms with Crippen molar-refractivity contribution in [1.29, 1.82) is 0 Å². The van der Waals surface area contributed by atoms with Gasteiger partial charge in [-0.1, -0.05) is 12.1 Å². The minimum atomic E-state index is 0.295. The van der Waals surface area contributed by atoms with E-state index in [0.29, 0.717) is 5.75 Å². The minimum absolute atomic E-state index is 0.295. The molecule has 2 nitrogen and oxygen atoms in total. The number of phenolic OH excluding ortho intramolecular Hbond substituents is 1. The first-order valence-electron chi connectivity index (χ1n) is 4.15. The third-order valence-corrected chi connectivity index (χ3v) is 1.89. The van der Waals surface area contributed by atoms with Gasteiger partial charge < -0.3 is 9.52 Å².